The Kier molecular flexibility index (Phi) is 6.18. The van der Waals surface area contributed by atoms with E-state index in [4.69, 9.17) is 0 Å². The molecule has 8 aromatic carbocycles. The third kappa shape index (κ3) is 3.90. The summed E-state index contributed by atoms with van der Waals surface area (Å²) in [6.45, 7) is 9.36. The van der Waals surface area contributed by atoms with E-state index in [0.717, 1.165) is 11.4 Å². The Morgan fingerprint density at radius 2 is 0.929 bits per heavy atom. The number of hydrogen-bond donors (Lipinski definition) is 0. The molecule has 1 nitrogen and oxygen atoms in total. The monoisotopic (exact) mass is 715 g/mol. The van der Waals surface area contributed by atoms with Crippen molar-refractivity contribution in [2.24, 2.45) is 0 Å². The Bertz CT molecular complexity index is 2990. The van der Waals surface area contributed by atoms with Gasteiger partial charge in [-0.3, -0.25) is 0 Å². The predicted molar refractivity (Wildman–Crippen MR) is 233 cm³/mol. The lowest BCUT2D eigenvalue weighted by molar-refractivity contribution is 0.590. The molecule has 1 heteroatoms. The molecule has 2 atom stereocenters. The molecule has 8 aromatic rings. The van der Waals surface area contributed by atoms with Crippen LogP contribution in [0.4, 0.5) is 17.1 Å². The average Bonchev–Trinajstić information content (AvgIpc) is 3.80. The maximum atomic E-state index is 2.54. The van der Waals surface area contributed by atoms with Crippen LogP contribution in [0.15, 0.2) is 176 Å². The lowest BCUT2D eigenvalue weighted by Crippen LogP contribution is -2.26. The molecule has 2 heterocycles. The lowest BCUT2D eigenvalue weighted by Gasteiger charge is -2.33. The van der Waals surface area contributed by atoms with Crippen LogP contribution in [0.3, 0.4) is 0 Å². The summed E-state index contributed by atoms with van der Waals surface area (Å²) in [5.74, 6) is 0. The fourth-order valence-electron chi connectivity index (χ4n) is 11.0. The molecular weight excluding hydrogens is 675 g/mol. The second-order valence-electron chi connectivity index (χ2n) is 17.4. The van der Waals surface area contributed by atoms with Gasteiger partial charge in [0.2, 0.25) is 0 Å². The van der Waals surface area contributed by atoms with E-state index in [1.165, 1.54) is 94.7 Å². The smallest absolute Gasteiger partial charge is 0.0726 e. The first kappa shape index (κ1) is 31.9. The normalized spacial score (nSPS) is 18.8. The fourth-order valence-corrected chi connectivity index (χ4v) is 11.0. The highest BCUT2D eigenvalue weighted by Gasteiger charge is 2.53. The number of benzene rings is 8. The molecule has 5 aliphatic rings. The summed E-state index contributed by atoms with van der Waals surface area (Å²) in [7, 11) is 0. The molecule has 266 valence electrons. The zero-order valence-electron chi connectivity index (χ0n) is 32.2. The number of fused-ring (bicyclic) bond motifs is 6. The van der Waals surface area contributed by atoms with Crippen molar-refractivity contribution in [1.82, 2.24) is 0 Å². The molecule has 0 saturated heterocycles. The van der Waals surface area contributed by atoms with Crippen LogP contribution in [0.1, 0.15) is 72.2 Å². The molecule has 13 rings (SSSR count). The van der Waals surface area contributed by atoms with E-state index in [1.807, 2.05) is 0 Å². The minimum absolute atomic E-state index is 0.0346. The highest BCUT2D eigenvalue weighted by molar-refractivity contribution is 5.98. The molecule has 0 radical (unpaired) electrons. The number of rotatable bonds is 2. The Morgan fingerprint density at radius 3 is 1.62 bits per heavy atom. The number of nitrogens with zero attached hydrogens (tertiary/aromatic N) is 1. The van der Waals surface area contributed by atoms with E-state index in [0.29, 0.717) is 0 Å². The maximum Gasteiger partial charge on any atom is 0.0726 e. The van der Waals surface area contributed by atoms with Crippen LogP contribution >= 0.6 is 0 Å². The number of para-hydroxylation sites is 1. The summed E-state index contributed by atoms with van der Waals surface area (Å²) in [6, 6.07) is 67.6. The largest absolute Gasteiger partial charge is 0.310 e. The highest BCUT2D eigenvalue weighted by Crippen LogP contribution is 2.65. The van der Waals surface area contributed by atoms with Gasteiger partial charge in [0.25, 0.3) is 0 Å². The van der Waals surface area contributed by atoms with Crippen LogP contribution in [0.5, 0.6) is 0 Å². The van der Waals surface area contributed by atoms with Crippen molar-refractivity contribution < 1.29 is 0 Å². The third-order valence-electron chi connectivity index (χ3n) is 13.6. The standard InChI is InChI=1S/C55H41N/c1-53(2,3)35-15-13-14-34(30-35)39-16-8-12-23-52(39)56-37-25-27-43-40-17-5-9-20-46(40)54(4,50(43)32-37)36-24-29-49-45(31-36)42-19-7-11-22-48(42)55(49)47-21-10-6-18-41(47)44-28-26-38(56)33-51(44)55/h5-33H,1-4H3. The second-order valence-corrected chi connectivity index (χ2v) is 17.4. The van der Waals surface area contributed by atoms with Gasteiger partial charge in [0.1, 0.15) is 0 Å². The molecule has 1 spiro atoms. The topological polar surface area (TPSA) is 3.24 Å². The third-order valence-corrected chi connectivity index (χ3v) is 13.6. The van der Waals surface area contributed by atoms with Gasteiger partial charge in [-0.05, 0) is 132 Å². The van der Waals surface area contributed by atoms with Gasteiger partial charge >= 0.3 is 0 Å². The first-order valence-corrected chi connectivity index (χ1v) is 20.0. The predicted octanol–water partition coefficient (Wildman–Crippen LogP) is 14.1. The van der Waals surface area contributed by atoms with E-state index >= 15 is 0 Å². The number of hydrogen-bond acceptors (Lipinski definition) is 1. The van der Waals surface area contributed by atoms with Gasteiger partial charge in [-0.2, -0.15) is 0 Å². The van der Waals surface area contributed by atoms with Gasteiger partial charge in [-0.15, -0.1) is 0 Å². The minimum Gasteiger partial charge on any atom is -0.310 e. The van der Waals surface area contributed by atoms with Gasteiger partial charge in [0.15, 0.2) is 0 Å². The Labute approximate surface area is 329 Å². The highest BCUT2D eigenvalue weighted by atomic mass is 15.1. The molecule has 8 bridgehead atoms. The van der Waals surface area contributed by atoms with Crippen LogP contribution in [-0.4, -0.2) is 0 Å². The summed E-state index contributed by atoms with van der Waals surface area (Å²) in [4.78, 5) is 2.54. The molecule has 0 aromatic heterocycles. The zero-order chi connectivity index (χ0) is 37.6. The molecule has 0 amide bonds. The van der Waals surface area contributed by atoms with Crippen molar-refractivity contribution in [2.45, 2.75) is 43.9 Å². The van der Waals surface area contributed by atoms with Crippen molar-refractivity contribution >= 4 is 17.1 Å². The quantitative estimate of drug-likeness (QED) is 0.172. The molecule has 0 N–H and O–H groups in total. The molecule has 56 heavy (non-hydrogen) atoms. The first-order valence-electron chi connectivity index (χ1n) is 20.0. The van der Waals surface area contributed by atoms with Gasteiger partial charge < -0.3 is 4.90 Å². The van der Waals surface area contributed by atoms with Gasteiger partial charge in [-0.1, -0.05) is 160 Å². The Morgan fingerprint density at radius 1 is 0.393 bits per heavy atom. The van der Waals surface area contributed by atoms with Gasteiger partial charge in [0.05, 0.1) is 11.1 Å². The second kappa shape index (κ2) is 10.9. The molecule has 3 aliphatic carbocycles. The van der Waals surface area contributed by atoms with Gasteiger partial charge in [0, 0.05) is 22.4 Å². The Hall–Kier alpha value is -6.44. The maximum absolute atomic E-state index is 2.54. The lowest BCUT2D eigenvalue weighted by atomic mass is 9.69. The van der Waals surface area contributed by atoms with Crippen LogP contribution < -0.4 is 4.90 Å². The van der Waals surface area contributed by atoms with E-state index in [1.54, 1.807) is 0 Å². The zero-order valence-corrected chi connectivity index (χ0v) is 32.2. The molecule has 2 aliphatic heterocycles. The van der Waals surface area contributed by atoms with Crippen LogP contribution in [0.25, 0.3) is 44.5 Å². The van der Waals surface area contributed by atoms with Crippen LogP contribution in [0, 0.1) is 0 Å². The summed E-state index contributed by atoms with van der Waals surface area (Å²) in [5.41, 5.74) is 23.9. The van der Waals surface area contributed by atoms with E-state index < -0.39 is 5.41 Å². The summed E-state index contributed by atoms with van der Waals surface area (Å²) >= 11 is 0. The molecule has 0 saturated carbocycles. The summed E-state index contributed by atoms with van der Waals surface area (Å²) in [5, 5.41) is 0. The van der Waals surface area contributed by atoms with Crippen molar-refractivity contribution in [3.63, 3.8) is 0 Å². The molecule has 0 fully saturated rings. The SMILES string of the molecule is CC(C)(C)c1cccc(-c2ccccc2N2c3ccc4c(c3)C(C)(c3ccc5c(c3)-c3ccccc3C53c5ccccc5-c5ccc2cc53)c2ccccc2-4)c1. The van der Waals surface area contributed by atoms with Crippen molar-refractivity contribution in [3.05, 3.63) is 220 Å². The first-order chi connectivity index (χ1) is 27.3. The van der Waals surface area contributed by atoms with E-state index in [2.05, 4.69) is 209 Å². The van der Waals surface area contributed by atoms with Crippen LogP contribution in [-0.2, 0) is 16.2 Å². The molecular formula is C55H41N. The summed E-state index contributed by atoms with van der Waals surface area (Å²) in [6.07, 6.45) is 0. The van der Waals surface area contributed by atoms with Crippen molar-refractivity contribution in [2.75, 3.05) is 4.90 Å². The minimum atomic E-state index is -0.440. The number of anilines is 3. The van der Waals surface area contributed by atoms with Crippen molar-refractivity contribution in [3.8, 4) is 44.5 Å². The van der Waals surface area contributed by atoms with Crippen molar-refractivity contribution in [1.29, 1.82) is 0 Å². The van der Waals surface area contributed by atoms with E-state index in [9.17, 15) is 0 Å². The Balaban J connectivity index is 1.23. The van der Waals surface area contributed by atoms with E-state index in [-0.39, 0.29) is 10.8 Å². The average molecular weight is 716 g/mol. The summed E-state index contributed by atoms with van der Waals surface area (Å²) < 4.78 is 0. The van der Waals surface area contributed by atoms with Gasteiger partial charge in [-0.25, -0.2) is 0 Å². The fraction of sp³-hybridized carbons (Fsp3) is 0.127. The van der Waals surface area contributed by atoms with Crippen LogP contribution in [0.2, 0.25) is 0 Å². The molecule has 2 unspecified atom stereocenters.